The molecule has 2 N–H and O–H groups in total. The molecule has 0 amide bonds. The predicted octanol–water partition coefficient (Wildman–Crippen LogP) is 1.91. The summed E-state index contributed by atoms with van der Waals surface area (Å²) in [7, 11) is 0. The van der Waals surface area contributed by atoms with Gasteiger partial charge in [-0.05, 0) is 17.5 Å². The van der Waals surface area contributed by atoms with E-state index in [0.717, 1.165) is 37.7 Å². The number of hydrogen-bond donors (Lipinski definition) is 2. The van der Waals surface area contributed by atoms with Crippen molar-refractivity contribution in [1.29, 1.82) is 0 Å². The average molecular weight is 236 g/mol. The van der Waals surface area contributed by atoms with Crippen molar-refractivity contribution in [2.75, 3.05) is 26.2 Å². The predicted molar refractivity (Wildman–Crippen MR) is 68.7 cm³/mol. The lowest BCUT2D eigenvalue weighted by atomic mass is 9.84. The standard InChI is InChI=1S/C14H21FN2/c1-14(2,10-17-9-11-7-16-8-11)12-5-3-4-6-13(12)15/h3-6,11,16-17H,7-10H2,1-2H3. The zero-order valence-corrected chi connectivity index (χ0v) is 10.6. The van der Waals surface area contributed by atoms with Crippen LogP contribution in [0.5, 0.6) is 0 Å². The van der Waals surface area contributed by atoms with Gasteiger partial charge in [0, 0.05) is 31.6 Å². The number of rotatable bonds is 5. The summed E-state index contributed by atoms with van der Waals surface area (Å²) in [5, 5.41) is 6.70. The maximum absolute atomic E-state index is 13.7. The Hall–Kier alpha value is -0.930. The Morgan fingerprint density at radius 1 is 1.35 bits per heavy atom. The van der Waals surface area contributed by atoms with Crippen molar-refractivity contribution < 1.29 is 4.39 Å². The fourth-order valence-electron chi connectivity index (χ4n) is 2.19. The van der Waals surface area contributed by atoms with E-state index in [0.29, 0.717) is 0 Å². The van der Waals surface area contributed by atoms with E-state index in [9.17, 15) is 4.39 Å². The summed E-state index contributed by atoms with van der Waals surface area (Å²) in [6.45, 7) is 8.20. The van der Waals surface area contributed by atoms with E-state index in [4.69, 9.17) is 0 Å². The molecule has 0 atom stereocenters. The molecule has 1 aliphatic heterocycles. The molecule has 2 rings (SSSR count). The van der Waals surface area contributed by atoms with E-state index >= 15 is 0 Å². The average Bonchev–Trinajstić information content (AvgIpc) is 2.22. The summed E-state index contributed by atoms with van der Waals surface area (Å²) in [6.07, 6.45) is 0. The number of nitrogens with one attached hydrogen (secondary N) is 2. The SMILES string of the molecule is CC(C)(CNCC1CNC1)c1ccccc1F. The Balaban J connectivity index is 1.90. The fraction of sp³-hybridized carbons (Fsp3) is 0.571. The van der Waals surface area contributed by atoms with Crippen molar-refractivity contribution in [3.63, 3.8) is 0 Å². The number of halogens is 1. The second kappa shape index (κ2) is 5.15. The minimum absolute atomic E-state index is 0.107. The third-order valence-corrected chi connectivity index (χ3v) is 3.47. The molecule has 2 nitrogen and oxygen atoms in total. The molecule has 0 spiro atoms. The first-order valence-corrected chi connectivity index (χ1v) is 6.26. The molecule has 1 aliphatic rings. The van der Waals surface area contributed by atoms with Crippen LogP contribution in [0.25, 0.3) is 0 Å². The summed E-state index contributed by atoms with van der Waals surface area (Å²) >= 11 is 0. The summed E-state index contributed by atoms with van der Waals surface area (Å²) in [5.74, 6) is 0.635. The Bertz CT molecular complexity index is 372. The Labute approximate surface area is 103 Å². The fourth-order valence-corrected chi connectivity index (χ4v) is 2.19. The van der Waals surface area contributed by atoms with Crippen molar-refractivity contribution in [2.45, 2.75) is 19.3 Å². The van der Waals surface area contributed by atoms with Gasteiger partial charge in [0.05, 0.1) is 0 Å². The number of hydrogen-bond acceptors (Lipinski definition) is 2. The van der Waals surface area contributed by atoms with Gasteiger partial charge < -0.3 is 10.6 Å². The second-order valence-corrected chi connectivity index (χ2v) is 5.52. The molecular weight excluding hydrogens is 215 g/mol. The lowest BCUT2D eigenvalue weighted by Crippen LogP contribution is -2.48. The van der Waals surface area contributed by atoms with E-state index in [1.54, 1.807) is 6.07 Å². The molecule has 0 saturated carbocycles. The molecule has 17 heavy (non-hydrogen) atoms. The van der Waals surface area contributed by atoms with Gasteiger partial charge in [-0.15, -0.1) is 0 Å². The maximum atomic E-state index is 13.7. The Kier molecular flexibility index (Phi) is 3.79. The zero-order chi connectivity index (χ0) is 12.3. The van der Waals surface area contributed by atoms with Crippen molar-refractivity contribution in [3.8, 4) is 0 Å². The molecule has 0 bridgehead atoms. The monoisotopic (exact) mass is 236 g/mol. The molecule has 1 aromatic carbocycles. The van der Waals surface area contributed by atoms with Crippen LogP contribution in [0, 0.1) is 11.7 Å². The van der Waals surface area contributed by atoms with Gasteiger partial charge in [-0.25, -0.2) is 4.39 Å². The van der Waals surface area contributed by atoms with E-state index in [2.05, 4.69) is 24.5 Å². The smallest absolute Gasteiger partial charge is 0.126 e. The largest absolute Gasteiger partial charge is 0.316 e. The summed E-state index contributed by atoms with van der Waals surface area (Å²) in [6, 6.07) is 7.05. The third kappa shape index (κ3) is 3.05. The van der Waals surface area contributed by atoms with Gasteiger partial charge in [0.15, 0.2) is 0 Å². The second-order valence-electron chi connectivity index (χ2n) is 5.52. The number of benzene rings is 1. The van der Waals surface area contributed by atoms with Gasteiger partial charge >= 0.3 is 0 Å². The van der Waals surface area contributed by atoms with Gasteiger partial charge in [0.2, 0.25) is 0 Å². The van der Waals surface area contributed by atoms with Gasteiger partial charge in [0.25, 0.3) is 0 Å². The van der Waals surface area contributed by atoms with E-state index in [1.807, 2.05) is 12.1 Å². The quantitative estimate of drug-likeness (QED) is 0.816. The lowest BCUT2D eigenvalue weighted by molar-refractivity contribution is 0.318. The highest BCUT2D eigenvalue weighted by Gasteiger charge is 2.24. The van der Waals surface area contributed by atoms with Crippen LogP contribution in [-0.2, 0) is 5.41 Å². The topological polar surface area (TPSA) is 24.1 Å². The van der Waals surface area contributed by atoms with Crippen LogP contribution >= 0.6 is 0 Å². The summed E-state index contributed by atoms with van der Waals surface area (Å²) < 4.78 is 13.7. The van der Waals surface area contributed by atoms with Gasteiger partial charge in [0.1, 0.15) is 5.82 Å². The minimum Gasteiger partial charge on any atom is -0.316 e. The van der Waals surface area contributed by atoms with E-state index in [-0.39, 0.29) is 11.2 Å². The van der Waals surface area contributed by atoms with Crippen LogP contribution in [-0.4, -0.2) is 26.2 Å². The molecule has 0 aromatic heterocycles. The van der Waals surface area contributed by atoms with Crippen molar-refractivity contribution in [2.24, 2.45) is 5.92 Å². The maximum Gasteiger partial charge on any atom is 0.126 e. The molecule has 1 aromatic rings. The van der Waals surface area contributed by atoms with Crippen LogP contribution in [0.3, 0.4) is 0 Å². The first kappa shape index (κ1) is 12.5. The van der Waals surface area contributed by atoms with Gasteiger partial charge in [-0.2, -0.15) is 0 Å². The van der Waals surface area contributed by atoms with Crippen molar-refractivity contribution in [3.05, 3.63) is 35.6 Å². The highest BCUT2D eigenvalue weighted by Crippen LogP contribution is 2.24. The molecule has 3 heteroatoms. The zero-order valence-electron chi connectivity index (χ0n) is 10.6. The Morgan fingerprint density at radius 2 is 2.06 bits per heavy atom. The molecule has 1 heterocycles. The normalized spacial score (nSPS) is 16.9. The lowest BCUT2D eigenvalue weighted by Gasteiger charge is -2.31. The van der Waals surface area contributed by atoms with Crippen molar-refractivity contribution in [1.82, 2.24) is 10.6 Å². The van der Waals surface area contributed by atoms with Crippen LogP contribution in [0.1, 0.15) is 19.4 Å². The highest BCUT2D eigenvalue weighted by atomic mass is 19.1. The molecule has 1 saturated heterocycles. The minimum atomic E-state index is -0.164. The van der Waals surface area contributed by atoms with E-state index < -0.39 is 0 Å². The van der Waals surface area contributed by atoms with E-state index in [1.165, 1.54) is 6.07 Å². The molecule has 94 valence electrons. The first-order chi connectivity index (χ1) is 8.09. The summed E-state index contributed by atoms with van der Waals surface area (Å²) in [5.41, 5.74) is 0.627. The molecule has 0 radical (unpaired) electrons. The first-order valence-electron chi connectivity index (χ1n) is 6.26. The van der Waals surface area contributed by atoms with Crippen LogP contribution in [0.15, 0.2) is 24.3 Å². The molecule has 0 unspecified atom stereocenters. The Morgan fingerprint density at radius 3 is 2.65 bits per heavy atom. The van der Waals surface area contributed by atoms with Gasteiger partial charge in [-0.3, -0.25) is 0 Å². The molecular formula is C14H21FN2. The van der Waals surface area contributed by atoms with Crippen LogP contribution in [0.2, 0.25) is 0 Å². The highest BCUT2D eigenvalue weighted by molar-refractivity contribution is 5.25. The van der Waals surface area contributed by atoms with Gasteiger partial charge in [-0.1, -0.05) is 32.0 Å². The summed E-state index contributed by atoms with van der Waals surface area (Å²) in [4.78, 5) is 0. The molecule has 1 fully saturated rings. The third-order valence-electron chi connectivity index (χ3n) is 3.47. The van der Waals surface area contributed by atoms with Crippen LogP contribution in [0.4, 0.5) is 4.39 Å². The van der Waals surface area contributed by atoms with Crippen molar-refractivity contribution >= 4 is 0 Å². The van der Waals surface area contributed by atoms with Crippen LogP contribution < -0.4 is 10.6 Å². The molecule has 0 aliphatic carbocycles.